The fourth-order valence-electron chi connectivity index (χ4n) is 5.35. The lowest BCUT2D eigenvalue weighted by molar-refractivity contribution is -0.255. The van der Waals surface area contributed by atoms with Gasteiger partial charge in [0.15, 0.2) is 17.3 Å². The van der Waals surface area contributed by atoms with Crippen LogP contribution in [0.1, 0.15) is 65.9 Å². The van der Waals surface area contributed by atoms with Crippen molar-refractivity contribution in [2.24, 2.45) is 10.9 Å². The van der Waals surface area contributed by atoms with Gasteiger partial charge in [-0.25, -0.2) is 0 Å². The molecule has 0 spiro atoms. The number of carbonyl (C=O) groups is 3. The highest BCUT2D eigenvalue weighted by Gasteiger charge is 2.44. The summed E-state index contributed by atoms with van der Waals surface area (Å²) in [6.45, 7) is 0.220. The predicted molar refractivity (Wildman–Crippen MR) is 127 cm³/mol. The molecule has 1 fully saturated rings. The molecular weight excluding hydrogens is 446 g/mol. The zero-order valence-corrected chi connectivity index (χ0v) is 19.5. The quantitative estimate of drug-likeness (QED) is 0.637. The van der Waals surface area contributed by atoms with Gasteiger partial charge in [-0.1, -0.05) is 30.3 Å². The molecule has 1 unspecified atom stereocenters. The number of methoxy groups -OCH3 is 1. The van der Waals surface area contributed by atoms with Gasteiger partial charge in [0, 0.05) is 35.7 Å². The molecule has 5 rings (SSSR count). The lowest BCUT2D eigenvalue weighted by atomic mass is 9.67. The average molecular weight is 473 g/mol. The minimum atomic E-state index is -1.23. The summed E-state index contributed by atoms with van der Waals surface area (Å²) in [5, 5.41) is 10.9. The second kappa shape index (κ2) is 9.49. The number of hydrogen-bond donors (Lipinski definition) is 0. The zero-order chi connectivity index (χ0) is 24.5. The van der Waals surface area contributed by atoms with Gasteiger partial charge in [0.25, 0.3) is 0 Å². The third-order valence-electron chi connectivity index (χ3n) is 7.04. The Morgan fingerprint density at radius 1 is 0.971 bits per heavy atom. The summed E-state index contributed by atoms with van der Waals surface area (Å²) < 4.78 is 11.6. The van der Waals surface area contributed by atoms with Crippen molar-refractivity contribution in [2.75, 3.05) is 7.11 Å². The Hall–Kier alpha value is -3.74. The summed E-state index contributed by atoms with van der Waals surface area (Å²) in [4.78, 5) is 41.8. The van der Waals surface area contributed by atoms with Crippen LogP contribution in [0, 0.1) is 5.92 Å². The van der Waals surface area contributed by atoms with E-state index < -0.39 is 11.9 Å². The van der Waals surface area contributed by atoms with Gasteiger partial charge in [0.2, 0.25) is 0 Å². The maximum Gasteiger partial charge on any atom is 0.161 e. The number of hydrogen-bond acceptors (Lipinski definition) is 7. The van der Waals surface area contributed by atoms with E-state index >= 15 is 0 Å². The van der Waals surface area contributed by atoms with Crippen LogP contribution in [0.25, 0.3) is 0 Å². The molecule has 0 radical (unpaired) electrons. The van der Waals surface area contributed by atoms with Gasteiger partial charge >= 0.3 is 0 Å². The van der Waals surface area contributed by atoms with Gasteiger partial charge < -0.3 is 19.4 Å². The Balaban J connectivity index is 1.45. The van der Waals surface area contributed by atoms with Crippen LogP contribution in [-0.2, 0) is 16.2 Å². The zero-order valence-electron chi connectivity index (χ0n) is 19.5. The Morgan fingerprint density at radius 2 is 1.74 bits per heavy atom. The van der Waals surface area contributed by atoms with E-state index in [-0.39, 0.29) is 29.7 Å². The van der Waals surface area contributed by atoms with Crippen molar-refractivity contribution in [3.8, 4) is 11.5 Å². The number of carbonyl (C=O) groups excluding carboxylic acids is 3. The maximum absolute atomic E-state index is 13.0. The number of carboxylic acid groups (broad SMARTS) is 1. The summed E-state index contributed by atoms with van der Waals surface area (Å²) in [7, 11) is 1.55. The molecule has 2 atom stereocenters. The summed E-state index contributed by atoms with van der Waals surface area (Å²) >= 11 is 0. The number of ketones is 2. The minimum absolute atomic E-state index is 0.0803. The number of allylic oxidation sites excluding steroid dienone is 2. The maximum atomic E-state index is 13.0. The number of ether oxygens (including phenoxy) is 2. The second-order valence-corrected chi connectivity index (χ2v) is 9.20. The van der Waals surface area contributed by atoms with E-state index in [0.717, 1.165) is 48.2 Å². The number of benzene rings is 2. The molecule has 2 aromatic rings. The standard InChI is InChI=1S/C28H27NO6/c1-34-24-14-18(12-13-23(24)35-15-16-8-10-17(11-9-16)28(32)33)25-26-19(4-2-6-21(26)30)29-20-5-3-7-22(31)27(20)25/h8-14,25-26H,2-7,15H2,1H3,(H,32,33)/p-1/t25-,26?/m1/s1. The monoisotopic (exact) mass is 472 g/mol. The molecule has 2 aromatic carbocycles. The van der Waals surface area contributed by atoms with Crippen LogP contribution in [0.2, 0.25) is 0 Å². The van der Waals surface area contributed by atoms with E-state index in [1.54, 1.807) is 25.3 Å². The van der Waals surface area contributed by atoms with Crippen LogP contribution in [0.5, 0.6) is 11.5 Å². The normalized spacial score (nSPS) is 21.7. The van der Waals surface area contributed by atoms with E-state index in [9.17, 15) is 19.5 Å². The van der Waals surface area contributed by atoms with Crippen LogP contribution in [0.3, 0.4) is 0 Å². The number of rotatable bonds is 6. The molecule has 1 aliphatic heterocycles. The molecule has 0 bridgehead atoms. The summed E-state index contributed by atoms with van der Waals surface area (Å²) in [5.74, 6) is -0.727. The van der Waals surface area contributed by atoms with E-state index in [2.05, 4.69) is 0 Å². The highest BCUT2D eigenvalue weighted by Crippen LogP contribution is 2.47. The molecular formula is C28H26NO6-. The Morgan fingerprint density at radius 3 is 2.49 bits per heavy atom. The minimum Gasteiger partial charge on any atom is -0.545 e. The number of Topliss-reactive ketones (excluding diaryl/α,β-unsaturated/α-hetero) is 2. The largest absolute Gasteiger partial charge is 0.545 e. The number of fused-ring (bicyclic) bond motifs is 1. The summed E-state index contributed by atoms with van der Waals surface area (Å²) in [6, 6.07) is 11.9. The molecule has 0 N–H and O–H groups in total. The number of aromatic carboxylic acids is 1. The van der Waals surface area contributed by atoms with Crippen LogP contribution in [-0.4, -0.2) is 30.4 Å². The van der Waals surface area contributed by atoms with Crippen molar-refractivity contribution in [3.05, 3.63) is 70.4 Å². The SMILES string of the molecule is COc1cc([C@H]2C3=C(CCCC3=O)N=C3CCCC(=O)C32)ccc1OCc1ccc(C(=O)[O-])cc1. The van der Waals surface area contributed by atoms with Crippen molar-refractivity contribution < 1.29 is 29.0 Å². The van der Waals surface area contributed by atoms with Gasteiger partial charge in [-0.2, -0.15) is 0 Å². The topological polar surface area (TPSA) is 105 Å². The molecule has 180 valence electrons. The average Bonchev–Trinajstić information content (AvgIpc) is 2.87. The molecule has 7 heteroatoms. The highest BCUT2D eigenvalue weighted by molar-refractivity contribution is 6.12. The molecule has 0 aromatic heterocycles. The third kappa shape index (κ3) is 4.38. The van der Waals surface area contributed by atoms with Crippen LogP contribution in [0.4, 0.5) is 0 Å². The van der Waals surface area contributed by atoms with E-state index in [1.807, 2.05) is 12.1 Å². The number of aliphatic imine (C=N–C) groups is 1. The molecule has 35 heavy (non-hydrogen) atoms. The molecule has 1 saturated carbocycles. The van der Waals surface area contributed by atoms with Crippen molar-refractivity contribution in [1.82, 2.24) is 0 Å². The number of carboxylic acids is 1. The Bertz CT molecular complexity index is 1260. The molecule has 0 saturated heterocycles. The predicted octanol–water partition coefficient (Wildman–Crippen LogP) is 3.55. The smallest absolute Gasteiger partial charge is 0.161 e. The third-order valence-corrected chi connectivity index (χ3v) is 7.04. The van der Waals surface area contributed by atoms with Crippen molar-refractivity contribution >= 4 is 23.2 Å². The van der Waals surface area contributed by atoms with Crippen molar-refractivity contribution in [3.63, 3.8) is 0 Å². The molecule has 1 heterocycles. The molecule has 7 nitrogen and oxygen atoms in total. The van der Waals surface area contributed by atoms with E-state index in [0.29, 0.717) is 29.9 Å². The van der Waals surface area contributed by atoms with Crippen molar-refractivity contribution in [2.45, 2.75) is 51.0 Å². The van der Waals surface area contributed by atoms with E-state index in [4.69, 9.17) is 14.5 Å². The van der Waals surface area contributed by atoms with E-state index in [1.165, 1.54) is 12.1 Å². The van der Waals surface area contributed by atoms with Gasteiger partial charge in [-0.05, 0) is 54.5 Å². The van der Waals surface area contributed by atoms with Gasteiger partial charge in [0.1, 0.15) is 12.4 Å². The van der Waals surface area contributed by atoms with Gasteiger partial charge in [0.05, 0.1) is 19.0 Å². The fourth-order valence-corrected chi connectivity index (χ4v) is 5.35. The fraction of sp³-hybridized carbons (Fsp3) is 0.357. The first kappa shape index (κ1) is 23.0. The van der Waals surface area contributed by atoms with Gasteiger partial charge in [-0.15, -0.1) is 0 Å². The molecule has 2 aliphatic carbocycles. The first-order valence-electron chi connectivity index (χ1n) is 11.9. The highest BCUT2D eigenvalue weighted by atomic mass is 16.5. The number of nitrogens with zero attached hydrogens (tertiary/aromatic N) is 1. The summed E-state index contributed by atoms with van der Waals surface area (Å²) in [5.41, 5.74) is 4.18. The first-order valence-corrected chi connectivity index (χ1v) is 11.9. The van der Waals surface area contributed by atoms with Crippen molar-refractivity contribution in [1.29, 1.82) is 0 Å². The lowest BCUT2D eigenvalue weighted by Crippen LogP contribution is -2.39. The molecule has 3 aliphatic rings. The molecule has 0 amide bonds. The van der Waals surface area contributed by atoms with Crippen LogP contribution < -0.4 is 14.6 Å². The first-order chi connectivity index (χ1) is 17.0. The van der Waals surface area contributed by atoms with Crippen LogP contribution in [0.15, 0.2) is 58.7 Å². The van der Waals surface area contributed by atoms with Crippen LogP contribution >= 0.6 is 0 Å². The second-order valence-electron chi connectivity index (χ2n) is 9.20. The Kier molecular flexibility index (Phi) is 6.24. The summed E-state index contributed by atoms with van der Waals surface area (Å²) in [6.07, 6.45) is 4.13. The lowest BCUT2D eigenvalue weighted by Gasteiger charge is -2.38. The van der Waals surface area contributed by atoms with Gasteiger partial charge in [-0.3, -0.25) is 14.6 Å². The Labute approximate surface area is 203 Å².